The average Bonchev–Trinajstić information content (AvgIpc) is 3.20. The second-order valence-corrected chi connectivity index (χ2v) is 19.0. The molecular formula is C41H46N6O11S2. The molecule has 8 rings (SSSR count). The lowest BCUT2D eigenvalue weighted by atomic mass is 9.82. The first-order valence-electron chi connectivity index (χ1n) is 20.2. The molecule has 3 aromatic carbocycles. The fourth-order valence-electron chi connectivity index (χ4n) is 9.38. The number of amides is 3. The summed E-state index contributed by atoms with van der Waals surface area (Å²) in [6.07, 6.45) is 5.85. The number of anilines is 1. The van der Waals surface area contributed by atoms with E-state index in [9.17, 15) is 40.6 Å². The van der Waals surface area contributed by atoms with Gasteiger partial charge in [0.2, 0.25) is 33.1 Å². The molecule has 0 aromatic heterocycles. The molecule has 0 fully saturated rings. The van der Waals surface area contributed by atoms with E-state index in [1.807, 2.05) is 12.1 Å². The highest BCUT2D eigenvalue weighted by Gasteiger charge is 2.37. The minimum Gasteiger partial charge on any atom is -0.744 e. The molecule has 6 N–H and O–H groups in total. The number of fused-ring (bicyclic) bond motifs is 4. The van der Waals surface area contributed by atoms with E-state index >= 15 is 0 Å². The molecule has 0 bridgehead atoms. The summed E-state index contributed by atoms with van der Waals surface area (Å²) in [7, 11) is -9.82. The second-order valence-electron chi connectivity index (χ2n) is 15.8. The third kappa shape index (κ3) is 7.98. The number of rotatable bonds is 14. The maximum absolute atomic E-state index is 13.6. The summed E-state index contributed by atoms with van der Waals surface area (Å²) in [4.78, 5) is 48.7. The van der Waals surface area contributed by atoms with Crippen LogP contribution >= 0.6 is 0 Å². The molecule has 17 nitrogen and oxygen atoms in total. The third-order valence-electron chi connectivity index (χ3n) is 11.9. The number of hydrogen-bond acceptors (Lipinski definition) is 11. The molecule has 0 aliphatic carbocycles. The first-order chi connectivity index (χ1) is 28.6. The number of primary amides is 1. The van der Waals surface area contributed by atoms with Gasteiger partial charge in [-0.05, 0) is 74.8 Å². The molecule has 0 saturated carbocycles. The highest BCUT2D eigenvalue weighted by molar-refractivity contribution is 7.89. The number of hydrogen-bond donors (Lipinski definition) is 5. The van der Waals surface area contributed by atoms with Crippen molar-refractivity contribution in [2.24, 2.45) is 5.73 Å². The first kappa shape index (κ1) is 41.4. The number of nitrogens with one attached hydrogen (secondary N) is 3. The number of sulfonamides is 1. The van der Waals surface area contributed by atoms with Crippen molar-refractivity contribution in [3.8, 4) is 11.5 Å². The molecule has 3 aromatic rings. The Bertz CT molecular complexity index is 2710. The number of carbonyl (C=O) groups excluding carboxylic acids is 3. The van der Waals surface area contributed by atoms with Crippen LogP contribution in [0.25, 0.3) is 5.57 Å². The van der Waals surface area contributed by atoms with Crippen LogP contribution < -0.4 is 45.9 Å². The molecule has 60 heavy (non-hydrogen) atoms. The number of nitrogens with zero attached hydrogens (tertiary/aromatic N) is 2. The molecule has 3 amide bonds. The van der Waals surface area contributed by atoms with Gasteiger partial charge in [-0.2, -0.15) is 0 Å². The smallest absolute Gasteiger partial charge is 0.322 e. The number of carboxylic acid groups (broad SMARTS) is 1. The average molecular weight is 863 g/mol. The van der Waals surface area contributed by atoms with E-state index in [1.165, 1.54) is 12.1 Å². The zero-order valence-electron chi connectivity index (χ0n) is 32.8. The fourth-order valence-corrected chi connectivity index (χ4v) is 11.2. The molecule has 0 saturated heterocycles. The van der Waals surface area contributed by atoms with Gasteiger partial charge in [-0.1, -0.05) is 6.07 Å². The highest BCUT2D eigenvalue weighted by atomic mass is 32.2. The first-order valence-corrected chi connectivity index (χ1v) is 23.1. The Morgan fingerprint density at radius 2 is 1.60 bits per heavy atom. The molecule has 5 aliphatic heterocycles. The Balaban J connectivity index is 1.17. The Morgan fingerprint density at radius 1 is 0.883 bits per heavy atom. The van der Waals surface area contributed by atoms with E-state index < -0.39 is 79.2 Å². The van der Waals surface area contributed by atoms with Crippen LogP contribution in [-0.2, 0) is 65.0 Å². The lowest BCUT2D eigenvalue weighted by molar-refractivity contribution is -0.138. The normalized spacial score (nSPS) is 17.0. The zero-order chi connectivity index (χ0) is 42.5. The highest BCUT2D eigenvalue weighted by Crippen LogP contribution is 2.49. The van der Waals surface area contributed by atoms with E-state index in [2.05, 4.69) is 24.8 Å². The van der Waals surface area contributed by atoms with Crippen LogP contribution in [0.3, 0.4) is 0 Å². The van der Waals surface area contributed by atoms with Crippen molar-refractivity contribution in [1.82, 2.24) is 19.9 Å². The van der Waals surface area contributed by atoms with Crippen molar-refractivity contribution in [3.05, 3.63) is 74.3 Å². The van der Waals surface area contributed by atoms with Gasteiger partial charge in [0.25, 0.3) is 0 Å². The van der Waals surface area contributed by atoms with Crippen molar-refractivity contribution in [1.29, 1.82) is 0 Å². The van der Waals surface area contributed by atoms with Crippen molar-refractivity contribution in [2.45, 2.75) is 86.5 Å². The Labute approximate surface area is 346 Å². The van der Waals surface area contributed by atoms with Gasteiger partial charge < -0.3 is 35.7 Å². The molecule has 19 heteroatoms. The third-order valence-corrected chi connectivity index (χ3v) is 14.2. The number of aliphatic carboxylic acids is 1. The SMILES string of the molecule is NC(=O)CCC(NC(=O)CCNS(=O)(=O)c1ccc(C2=c3cc4c5c(c3Oc3c2cc2c6c3CCCN6CCC2)CCC[N+]=5CCC4)c(S(=O)(=O)[O-])c1)C(=O)NCC(=O)O. The number of carbonyl (C=O) groups is 4. The quantitative estimate of drug-likeness (QED) is 0.0806. The largest absolute Gasteiger partial charge is 0.744 e. The maximum atomic E-state index is 13.6. The van der Waals surface area contributed by atoms with Gasteiger partial charge in [-0.25, -0.2) is 26.1 Å². The lowest BCUT2D eigenvalue weighted by Crippen LogP contribution is -2.48. The van der Waals surface area contributed by atoms with Gasteiger partial charge >= 0.3 is 5.97 Å². The van der Waals surface area contributed by atoms with E-state index in [0.29, 0.717) is 27.9 Å². The standard InChI is InChI=1S/C41H46N6O11S2/c42-33(48)12-11-31(41(52)43-22-35(50)51)45-34(49)13-14-44-59(53,54)25-9-10-26(32(21-25)60(55,56)57)36-29-19-23-5-1-15-46-17-3-7-27(37(23)46)39(29)58-40-28-8-4-18-47-16-2-6-24(38(28)47)20-30(36)40/h9-10,19-21,31,44H,1-8,11-18,22H2,(H5-,42,43,45,48,49,50,51,52,55,56,57). The number of carboxylic acids is 1. The zero-order valence-corrected chi connectivity index (χ0v) is 34.4. The fraction of sp³-hybridized carbons (Fsp3) is 0.439. The summed E-state index contributed by atoms with van der Waals surface area (Å²) in [5, 5.41) is 15.2. The second kappa shape index (κ2) is 16.2. The molecule has 1 unspecified atom stereocenters. The monoisotopic (exact) mass is 862 g/mol. The molecule has 5 heterocycles. The summed E-state index contributed by atoms with van der Waals surface area (Å²) in [6.45, 7) is 2.47. The van der Waals surface area contributed by atoms with Crippen molar-refractivity contribution < 1.29 is 50.4 Å². The number of benzene rings is 3. The molecule has 5 aliphatic rings. The topological polar surface area (TPSA) is 257 Å². The van der Waals surface area contributed by atoms with Crippen LogP contribution in [0, 0.1) is 0 Å². The van der Waals surface area contributed by atoms with Crippen LogP contribution in [0.1, 0.15) is 78.3 Å². The van der Waals surface area contributed by atoms with Crippen LogP contribution in [0.2, 0.25) is 0 Å². The summed E-state index contributed by atoms with van der Waals surface area (Å²) >= 11 is 0. The van der Waals surface area contributed by atoms with Gasteiger partial charge in [-0.15, -0.1) is 0 Å². The van der Waals surface area contributed by atoms with Crippen molar-refractivity contribution in [2.75, 3.05) is 44.2 Å². The van der Waals surface area contributed by atoms with Crippen LogP contribution in [0.15, 0.2) is 40.1 Å². The van der Waals surface area contributed by atoms with Gasteiger partial charge in [0, 0.05) is 84.1 Å². The minimum atomic E-state index is -5.30. The van der Waals surface area contributed by atoms with Gasteiger partial charge in [-0.3, -0.25) is 19.2 Å². The van der Waals surface area contributed by atoms with Gasteiger partial charge in [0.15, 0.2) is 0 Å². The lowest BCUT2D eigenvalue weighted by Gasteiger charge is -2.39. The molecule has 318 valence electrons. The summed E-state index contributed by atoms with van der Waals surface area (Å²) in [5.41, 5.74) is 11.9. The minimum absolute atomic E-state index is 0.0588. The molecule has 0 spiro atoms. The Morgan fingerprint density at radius 3 is 2.33 bits per heavy atom. The Hall–Kier alpha value is -5.37. The van der Waals surface area contributed by atoms with Gasteiger partial charge in [0.05, 0.1) is 15.4 Å². The van der Waals surface area contributed by atoms with E-state index in [1.54, 1.807) is 0 Å². The summed E-state index contributed by atoms with van der Waals surface area (Å²) < 4.78 is 78.8. The van der Waals surface area contributed by atoms with Crippen molar-refractivity contribution >= 4 is 55.1 Å². The van der Waals surface area contributed by atoms with Crippen LogP contribution in [-0.4, -0.2) is 95.5 Å². The summed E-state index contributed by atoms with van der Waals surface area (Å²) in [6, 6.07) is 6.20. The van der Waals surface area contributed by atoms with E-state index in [0.717, 1.165) is 117 Å². The maximum Gasteiger partial charge on any atom is 0.322 e. The predicted octanol–water partition coefficient (Wildman–Crippen LogP) is -0.354. The molecule has 1 atom stereocenters. The van der Waals surface area contributed by atoms with Gasteiger partial charge in [0.1, 0.15) is 47.3 Å². The number of aryl methyl sites for hydroxylation is 2. The van der Waals surface area contributed by atoms with Crippen LogP contribution in [0.5, 0.6) is 11.5 Å². The Kier molecular flexibility index (Phi) is 11.2. The number of ether oxygens (including phenoxy) is 1. The number of nitrogens with two attached hydrogens (primary N) is 1. The van der Waals surface area contributed by atoms with Crippen molar-refractivity contribution in [3.63, 3.8) is 0 Å². The van der Waals surface area contributed by atoms with Crippen LogP contribution in [0.4, 0.5) is 5.69 Å². The van der Waals surface area contributed by atoms with E-state index in [-0.39, 0.29) is 18.4 Å². The summed E-state index contributed by atoms with van der Waals surface area (Å²) in [5.74, 6) is -2.52. The molecule has 0 radical (unpaired) electrons. The molecular weight excluding hydrogens is 817 g/mol. The van der Waals surface area contributed by atoms with E-state index in [4.69, 9.17) is 15.6 Å². The predicted molar refractivity (Wildman–Crippen MR) is 216 cm³/mol.